The number of hydrogen-bond donors (Lipinski definition) is 2. The van der Waals surface area contributed by atoms with E-state index in [1.807, 2.05) is 18.2 Å². The first-order valence-corrected chi connectivity index (χ1v) is 6.69. The first-order valence-electron chi connectivity index (χ1n) is 5.88. The number of carbonyl (C=O) groups excluding carboxylic acids is 1. The molecule has 1 heterocycles. The van der Waals surface area contributed by atoms with Gasteiger partial charge in [-0.05, 0) is 19.1 Å². The lowest BCUT2D eigenvalue weighted by atomic mass is 10.3. The van der Waals surface area contributed by atoms with E-state index in [1.54, 1.807) is 20.1 Å². The number of nitrogens with two attached hydrogens (primary N) is 1. The van der Waals surface area contributed by atoms with Gasteiger partial charge in [-0.15, -0.1) is 11.3 Å². The van der Waals surface area contributed by atoms with Crippen molar-refractivity contribution in [3.05, 3.63) is 39.8 Å². The van der Waals surface area contributed by atoms with Gasteiger partial charge in [-0.2, -0.15) is 0 Å². The number of aromatic nitrogens is 1. The highest BCUT2D eigenvalue weighted by Gasteiger charge is 2.14. The molecule has 1 amide bonds. The van der Waals surface area contributed by atoms with Crippen LogP contribution in [0.2, 0.25) is 0 Å². The van der Waals surface area contributed by atoms with Gasteiger partial charge in [-0.25, -0.2) is 10.8 Å². The molecule has 106 valence electrons. The van der Waals surface area contributed by atoms with Gasteiger partial charge in [0, 0.05) is 6.07 Å². The summed E-state index contributed by atoms with van der Waals surface area (Å²) in [4.78, 5) is 16.3. The highest BCUT2D eigenvalue weighted by Crippen LogP contribution is 2.22. The van der Waals surface area contributed by atoms with Crippen molar-refractivity contribution < 1.29 is 14.3 Å². The fourth-order valence-corrected chi connectivity index (χ4v) is 2.51. The Balaban J connectivity index is 2.05. The number of hydrogen-bond acceptors (Lipinski definition) is 6. The van der Waals surface area contributed by atoms with Crippen LogP contribution in [0.5, 0.6) is 11.5 Å². The van der Waals surface area contributed by atoms with Crippen molar-refractivity contribution in [2.75, 3.05) is 7.11 Å². The Hall–Kier alpha value is -2.12. The minimum Gasteiger partial charge on any atom is -0.497 e. The minimum absolute atomic E-state index is 0.288. The average Bonchev–Trinajstić information content (AvgIpc) is 2.85. The van der Waals surface area contributed by atoms with Crippen LogP contribution in [0.1, 0.15) is 20.4 Å². The van der Waals surface area contributed by atoms with Crippen LogP contribution >= 0.6 is 11.3 Å². The molecule has 0 spiro atoms. The zero-order chi connectivity index (χ0) is 14.5. The van der Waals surface area contributed by atoms with Gasteiger partial charge in [0.25, 0.3) is 5.91 Å². The lowest BCUT2D eigenvalue weighted by molar-refractivity contribution is 0.0957. The number of benzene rings is 1. The molecule has 0 atom stereocenters. The number of thiazole rings is 1. The third-order valence-corrected chi connectivity index (χ3v) is 3.71. The van der Waals surface area contributed by atoms with Gasteiger partial charge in [-0.1, -0.05) is 6.07 Å². The molecule has 0 saturated heterocycles. The zero-order valence-corrected chi connectivity index (χ0v) is 12.0. The molecule has 0 aliphatic rings. The number of hydrazine groups is 1. The fourth-order valence-electron chi connectivity index (χ4n) is 1.63. The van der Waals surface area contributed by atoms with Gasteiger partial charge in [-0.3, -0.25) is 10.2 Å². The summed E-state index contributed by atoms with van der Waals surface area (Å²) in [5.41, 5.74) is 2.74. The molecule has 0 fully saturated rings. The second kappa shape index (κ2) is 6.36. The molecule has 0 aliphatic carbocycles. The van der Waals surface area contributed by atoms with Crippen molar-refractivity contribution in [1.82, 2.24) is 10.4 Å². The first-order chi connectivity index (χ1) is 9.63. The first kappa shape index (κ1) is 14.3. The largest absolute Gasteiger partial charge is 0.497 e. The number of ether oxygens (including phenoxy) is 2. The van der Waals surface area contributed by atoms with E-state index in [0.717, 1.165) is 5.75 Å². The van der Waals surface area contributed by atoms with E-state index in [4.69, 9.17) is 15.3 Å². The molecule has 2 rings (SSSR count). The van der Waals surface area contributed by atoms with Crippen LogP contribution in [0.4, 0.5) is 0 Å². The quantitative estimate of drug-likeness (QED) is 0.497. The predicted molar refractivity (Wildman–Crippen MR) is 75.8 cm³/mol. The topological polar surface area (TPSA) is 86.5 Å². The summed E-state index contributed by atoms with van der Waals surface area (Å²) in [5, 5.41) is 0.712. The lowest BCUT2D eigenvalue weighted by Gasteiger charge is -2.05. The monoisotopic (exact) mass is 293 g/mol. The Morgan fingerprint density at radius 3 is 2.90 bits per heavy atom. The number of nitrogens with zero attached hydrogens (tertiary/aromatic N) is 1. The van der Waals surface area contributed by atoms with Gasteiger partial charge in [0.15, 0.2) is 0 Å². The molecule has 0 unspecified atom stereocenters. The maximum Gasteiger partial charge on any atom is 0.277 e. The molecule has 3 N–H and O–H groups in total. The molecule has 1 aromatic heterocycles. The highest BCUT2D eigenvalue weighted by atomic mass is 32.1. The second-order valence-corrected chi connectivity index (χ2v) is 5.05. The molecule has 0 bridgehead atoms. The van der Waals surface area contributed by atoms with E-state index in [2.05, 4.69) is 10.4 Å². The van der Waals surface area contributed by atoms with Crippen LogP contribution < -0.4 is 20.7 Å². The van der Waals surface area contributed by atoms with Gasteiger partial charge in [0.1, 0.15) is 28.0 Å². The van der Waals surface area contributed by atoms with Crippen LogP contribution in [0, 0.1) is 6.92 Å². The summed E-state index contributed by atoms with van der Waals surface area (Å²) in [5.74, 6) is 6.18. The molecule has 0 aliphatic heterocycles. The molecule has 6 nitrogen and oxygen atoms in total. The van der Waals surface area contributed by atoms with Crippen LogP contribution in [0.15, 0.2) is 24.3 Å². The van der Waals surface area contributed by atoms with Crippen LogP contribution in [-0.2, 0) is 6.61 Å². The van der Waals surface area contributed by atoms with Crippen molar-refractivity contribution in [3.63, 3.8) is 0 Å². The summed E-state index contributed by atoms with van der Waals surface area (Å²) < 4.78 is 10.7. The number of carbonyl (C=O) groups is 1. The number of nitrogen functional groups attached to an aromatic ring is 1. The van der Waals surface area contributed by atoms with E-state index < -0.39 is 0 Å². The van der Waals surface area contributed by atoms with Crippen LogP contribution in [0.25, 0.3) is 0 Å². The second-order valence-electron chi connectivity index (χ2n) is 3.96. The molecule has 1 aromatic carbocycles. The number of nitrogens with one attached hydrogen (secondary N) is 1. The summed E-state index contributed by atoms with van der Waals surface area (Å²) >= 11 is 1.26. The number of amides is 1. The summed E-state index contributed by atoms with van der Waals surface area (Å²) in [6.07, 6.45) is 0. The summed E-state index contributed by atoms with van der Waals surface area (Å²) in [6, 6.07) is 7.29. The molecule has 7 heteroatoms. The SMILES string of the molecule is COc1cccc(OCc2nc(C)c(C(=O)NN)s2)c1. The lowest BCUT2D eigenvalue weighted by Crippen LogP contribution is -2.29. The predicted octanol–water partition coefficient (Wildman–Crippen LogP) is 1.64. The third-order valence-electron chi connectivity index (χ3n) is 2.58. The Morgan fingerprint density at radius 1 is 1.45 bits per heavy atom. The number of methoxy groups -OCH3 is 1. The smallest absolute Gasteiger partial charge is 0.277 e. The number of rotatable bonds is 5. The maximum absolute atomic E-state index is 11.5. The Kier molecular flexibility index (Phi) is 4.54. The van der Waals surface area contributed by atoms with E-state index >= 15 is 0 Å². The summed E-state index contributed by atoms with van der Waals surface area (Å²) in [6.45, 7) is 2.05. The van der Waals surface area contributed by atoms with Gasteiger partial charge < -0.3 is 9.47 Å². The van der Waals surface area contributed by atoms with Crippen molar-refractivity contribution in [2.45, 2.75) is 13.5 Å². The normalized spacial score (nSPS) is 10.2. The van der Waals surface area contributed by atoms with Crippen molar-refractivity contribution in [3.8, 4) is 11.5 Å². The Morgan fingerprint density at radius 2 is 2.20 bits per heavy atom. The van der Waals surface area contributed by atoms with Gasteiger partial charge in [0.05, 0.1) is 12.8 Å². The van der Waals surface area contributed by atoms with Crippen molar-refractivity contribution >= 4 is 17.2 Å². The van der Waals surface area contributed by atoms with E-state index in [9.17, 15) is 4.79 Å². The maximum atomic E-state index is 11.5. The van der Waals surface area contributed by atoms with Crippen molar-refractivity contribution in [2.24, 2.45) is 5.84 Å². The third kappa shape index (κ3) is 3.25. The molecule has 0 radical (unpaired) electrons. The molecule has 20 heavy (non-hydrogen) atoms. The van der Waals surface area contributed by atoms with E-state index in [1.165, 1.54) is 11.3 Å². The van der Waals surface area contributed by atoms with Crippen LogP contribution in [0.3, 0.4) is 0 Å². The van der Waals surface area contributed by atoms with Gasteiger partial charge in [0.2, 0.25) is 0 Å². The van der Waals surface area contributed by atoms with Gasteiger partial charge >= 0.3 is 0 Å². The Bertz CT molecular complexity index is 613. The number of aryl methyl sites for hydroxylation is 1. The average molecular weight is 293 g/mol. The highest BCUT2D eigenvalue weighted by molar-refractivity contribution is 7.13. The molecule has 2 aromatic rings. The van der Waals surface area contributed by atoms with E-state index in [0.29, 0.717) is 21.3 Å². The molecular formula is C13H15N3O3S. The summed E-state index contributed by atoms with van der Waals surface area (Å²) in [7, 11) is 1.60. The minimum atomic E-state index is -0.340. The van der Waals surface area contributed by atoms with Crippen LogP contribution in [-0.4, -0.2) is 18.0 Å². The van der Waals surface area contributed by atoms with Crippen molar-refractivity contribution in [1.29, 1.82) is 0 Å². The standard InChI is InChI=1S/C13H15N3O3S/c1-8-12(13(17)16-14)20-11(15-8)7-19-10-5-3-4-9(6-10)18-2/h3-6H,7,14H2,1-2H3,(H,16,17). The fraction of sp³-hybridized carbons (Fsp3) is 0.231. The molecular weight excluding hydrogens is 278 g/mol. The van der Waals surface area contributed by atoms with E-state index in [-0.39, 0.29) is 12.5 Å². The zero-order valence-electron chi connectivity index (χ0n) is 11.2. The molecule has 0 saturated carbocycles. The Labute approximate surface area is 120 Å².